The highest BCUT2D eigenvalue weighted by Crippen LogP contribution is 2.26. The van der Waals surface area contributed by atoms with E-state index in [4.69, 9.17) is 21.1 Å². The van der Waals surface area contributed by atoms with Gasteiger partial charge < -0.3 is 14.6 Å². The summed E-state index contributed by atoms with van der Waals surface area (Å²) in [5.41, 5.74) is 0.943. The van der Waals surface area contributed by atoms with E-state index in [1.165, 1.54) is 25.3 Å². The molecule has 0 unspecified atom stereocenters. The van der Waals surface area contributed by atoms with Crippen molar-refractivity contribution in [3.8, 4) is 11.5 Å². The monoisotopic (exact) mass is 346 g/mol. The second kappa shape index (κ2) is 8.17. The van der Waals surface area contributed by atoms with E-state index in [1.807, 2.05) is 0 Å². The van der Waals surface area contributed by atoms with Crippen LogP contribution in [0.3, 0.4) is 0 Å². The van der Waals surface area contributed by atoms with Crippen LogP contribution in [0, 0.1) is 0 Å². The number of hydrogen-bond donors (Lipinski definition) is 1. The van der Waals surface area contributed by atoms with Gasteiger partial charge in [0.25, 0.3) is 0 Å². The van der Waals surface area contributed by atoms with Crippen molar-refractivity contribution in [1.29, 1.82) is 0 Å². The standard InChI is InChI=1S/C18H15ClO5/c1-23-17-10-12(6-8-15(17)20)7-9-18(22)24-11-16(21)13-4-2-3-5-14(13)19/h2-10,20H,11H2,1H3/b9-7+. The molecular weight excluding hydrogens is 332 g/mol. The van der Waals surface area contributed by atoms with Gasteiger partial charge in [-0.1, -0.05) is 29.8 Å². The molecule has 2 aromatic rings. The molecule has 0 radical (unpaired) electrons. The van der Waals surface area contributed by atoms with Gasteiger partial charge in [-0.3, -0.25) is 4.79 Å². The van der Waals surface area contributed by atoms with Crippen LogP contribution in [-0.4, -0.2) is 30.6 Å². The number of phenolic OH excluding ortho intramolecular Hbond substituents is 1. The molecule has 0 saturated carbocycles. The van der Waals surface area contributed by atoms with Gasteiger partial charge in [-0.2, -0.15) is 0 Å². The van der Waals surface area contributed by atoms with E-state index in [-0.39, 0.29) is 11.5 Å². The molecule has 0 atom stereocenters. The van der Waals surface area contributed by atoms with Gasteiger partial charge in [-0.15, -0.1) is 0 Å². The van der Waals surface area contributed by atoms with Crippen LogP contribution in [0.5, 0.6) is 11.5 Å². The van der Waals surface area contributed by atoms with Gasteiger partial charge in [0.15, 0.2) is 18.1 Å². The summed E-state index contributed by atoms with van der Waals surface area (Å²) in [6.45, 7) is -0.397. The first-order chi connectivity index (χ1) is 11.5. The largest absolute Gasteiger partial charge is 0.504 e. The molecule has 2 aromatic carbocycles. The fraction of sp³-hybridized carbons (Fsp3) is 0.111. The zero-order valence-corrected chi connectivity index (χ0v) is 13.6. The number of Topliss-reactive ketones (excluding diaryl/α,β-unsaturated/α-hetero) is 1. The topological polar surface area (TPSA) is 72.8 Å². The molecule has 0 aromatic heterocycles. The van der Waals surface area contributed by atoms with E-state index >= 15 is 0 Å². The summed E-state index contributed by atoms with van der Waals surface area (Å²) in [4.78, 5) is 23.6. The first-order valence-corrected chi connectivity index (χ1v) is 7.38. The second-order valence-electron chi connectivity index (χ2n) is 4.78. The van der Waals surface area contributed by atoms with E-state index in [0.717, 1.165) is 0 Å². The van der Waals surface area contributed by atoms with Crippen molar-refractivity contribution >= 4 is 29.4 Å². The molecule has 124 valence electrons. The van der Waals surface area contributed by atoms with Gasteiger partial charge in [-0.05, 0) is 35.9 Å². The van der Waals surface area contributed by atoms with Crippen molar-refractivity contribution in [2.75, 3.05) is 13.7 Å². The quantitative estimate of drug-likeness (QED) is 0.492. The molecule has 0 aliphatic carbocycles. The first-order valence-electron chi connectivity index (χ1n) is 7.01. The van der Waals surface area contributed by atoms with Crippen molar-refractivity contribution < 1.29 is 24.2 Å². The number of esters is 1. The summed E-state index contributed by atoms with van der Waals surface area (Å²) in [5, 5.41) is 9.81. The van der Waals surface area contributed by atoms with Crippen molar-refractivity contribution in [1.82, 2.24) is 0 Å². The molecule has 6 heteroatoms. The van der Waals surface area contributed by atoms with Crippen molar-refractivity contribution in [3.05, 3.63) is 64.7 Å². The molecule has 0 fully saturated rings. The second-order valence-corrected chi connectivity index (χ2v) is 5.18. The molecule has 0 aliphatic rings. The molecule has 0 spiro atoms. The lowest BCUT2D eigenvalue weighted by Crippen LogP contribution is -2.12. The van der Waals surface area contributed by atoms with Gasteiger partial charge in [0.1, 0.15) is 0 Å². The van der Waals surface area contributed by atoms with Crippen LogP contribution in [0.25, 0.3) is 6.08 Å². The van der Waals surface area contributed by atoms with Crippen molar-refractivity contribution in [2.45, 2.75) is 0 Å². The Labute approximate surface area is 144 Å². The maximum atomic E-state index is 11.9. The summed E-state index contributed by atoms with van der Waals surface area (Å²) in [6, 6.07) is 11.2. The molecule has 0 amide bonds. The highest BCUT2D eigenvalue weighted by atomic mass is 35.5. The van der Waals surface area contributed by atoms with Crippen LogP contribution in [0.2, 0.25) is 5.02 Å². The maximum Gasteiger partial charge on any atom is 0.331 e. The van der Waals surface area contributed by atoms with E-state index in [1.54, 1.807) is 36.4 Å². The predicted molar refractivity (Wildman–Crippen MR) is 90.4 cm³/mol. The lowest BCUT2D eigenvalue weighted by Gasteiger charge is -2.04. The van der Waals surface area contributed by atoms with Crippen LogP contribution in [0.4, 0.5) is 0 Å². The molecule has 0 bridgehead atoms. The molecule has 0 aliphatic heterocycles. The lowest BCUT2D eigenvalue weighted by atomic mass is 10.1. The van der Waals surface area contributed by atoms with E-state index in [0.29, 0.717) is 21.9 Å². The van der Waals surface area contributed by atoms with Gasteiger partial charge in [-0.25, -0.2) is 4.79 Å². The zero-order chi connectivity index (χ0) is 17.5. The minimum absolute atomic E-state index is 0.00237. The van der Waals surface area contributed by atoms with Gasteiger partial charge >= 0.3 is 5.97 Å². The minimum Gasteiger partial charge on any atom is -0.504 e. The number of phenols is 1. The third-order valence-corrected chi connectivity index (χ3v) is 3.47. The third-order valence-electron chi connectivity index (χ3n) is 3.14. The predicted octanol–water partition coefficient (Wildman–Crippen LogP) is 3.49. The number of carbonyl (C=O) groups excluding carboxylic acids is 2. The molecule has 1 N–H and O–H groups in total. The number of rotatable bonds is 6. The molecule has 5 nitrogen and oxygen atoms in total. The third kappa shape index (κ3) is 4.60. The zero-order valence-electron chi connectivity index (χ0n) is 12.9. The molecular formula is C18H15ClO5. The Hall–Kier alpha value is -2.79. The van der Waals surface area contributed by atoms with Crippen molar-refractivity contribution in [3.63, 3.8) is 0 Å². The maximum absolute atomic E-state index is 11.9. The first kappa shape index (κ1) is 17.6. The van der Waals surface area contributed by atoms with Crippen LogP contribution < -0.4 is 4.74 Å². The van der Waals surface area contributed by atoms with Crippen LogP contribution >= 0.6 is 11.6 Å². The minimum atomic E-state index is -0.664. The number of ether oxygens (including phenoxy) is 2. The normalized spacial score (nSPS) is 10.6. The van der Waals surface area contributed by atoms with Gasteiger partial charge in [0.2, 0.25) is 5.78 Å². The summed E-state index contributed by atoms with van der Waals surface area (Å²) < 4.78 is 9.88. The summed E-state index contributed by atoms with van der Waals surface area (Å²) >= 11 is 5.91. The Morgan fingerprint density at radius 3 is 2.67 bits per heavy atom. The number of methoxy groups -OCH3 is 1. The number of halogens is 1. The summed E-state index contributed by atoms with van der Waals surface area (Å²) in [5.74, 6) is -0.752. The Morgan fingerprint density at radius 1 is 1.21 bits per heavy atom. The van der Waals surface area contributed by atoms with E-state index in [2.05, 4.69) is 0 Å². The van der Waals surface area contributed by atoms with Gasteiger partial charge in [0.05, 0.1) is 12.1 Å². The highest BCUT2D eigenvalue weighted by Gasteiger charge is 2.11. The van der Waals surface area contributed by atoms with Crippen LogP contribution in [0.1, 0.15) is 15.9 Å². The van der Waals surface area contributed by atoms with Crippen LogP contribution in [0.15, 0.2) is 48.5 Å². The average Bonchev–Trinajstić information content (AvgIpc) is 2.59. The Bertz CT molecular complexity index is 783. The number of hydrogen-bond acceptors (Lipinski definition) is 5. The highest BCUT2D eigenvalue weighted by molar-refractivity contribution is 6.34. The molecule has 0 heterocycles. The van der Waals surface area contributed by atoms with E-state index < -0.39 is 12.6 Å². The van der Waals surface area contributed by atoms with E-state index in [9.17, 15) is 14.7 Å². The fourth-order valence-corrected chi connectivity index (χ4v) is 2.15. The van der Waals surface area contributed by atoms with Crippen molar-refractivity contribution in [2.24, 2.45) is 0 Å². The Kier molecular flexibility index (Phi) is 5.98. The average molecular weight is 347 g/mol. The Balaban J connectivity index is 1.94. The summed E-state index contributed by atoms with van der Waals surface area (Å²) in [7, 11) is 1.43. The number of carbonyl (C=O) groups is 2. The number of aromatic hydroxyl groups is 1. The lowest BCUT2D eigenvalue weighted by molar-refractivity contribution is -0.136. The number of ketones is 1. The Morgan fingerprint density at radius 2 is 1.96 bits per heavy atom. The number of benzene rings is 2. The molecule has 0 saturated heterocycles. The summed E-state index contributed by atoms with van der Waals surface area (Å²) in [6.07, 6.45) is 2.68. The molecule has 24 heavy (non-hydrogen) atoms. The smallest absolute Gasteiger partial charge is 0.331 e. The SMILES string of the molecule is COc1cc(/C=C/C(=O)OCC(=O)c2ccccc2Cl)ccc1O. The van der Waals surface area contributed by atoms with Crippen LogP contribution in [-0.2, 0) is 9.53 Å². The van der Waals surface area contributed by atoms with Gasteiger partial charge in [0, 0.05) is 11.6 Å². The fourth-order valence-electron chi connectivity index (χ4n) is 1.91. The molecule has 2 rings (SSSR count).